The van der Waals surface area contributed by atoms with Crippen molar-refractivity contribution in [2.45, 2.75) is 20.4 Å². The van der Waals surface area contributed by atoms with Crippen LogP contribution >= 0.6 is 11.6 Å². The SMILES string of the molecule is CCn1cc(-n2c(C)cc3cc(F)c(Cl)cc32)cn1. The normalized spacial score (nSPS) is 11.4. The summed E-state index contributed by atoms with van der Waals surface area (Å²) in [6, 6.07) is 5.06. The second kappa shape index (κ2) is 4.38. The molecule has 0 N–H and O–H groups in total. The van der Waals surface area contributed by atoms with Gasteiger partial charge in [-0.2, -0.15) is 5.10 Å². The maximum Gasteiger partial charge on any atom is 0.142 e. The lowest BCUT2D eigenvalue weighted by molar-refractivity contribution is 0.630. The maximum atomic E-state index is 13.5. The van der Waals surface area contributed by atoms with Crippen LogP contribution in [0.2, 0.25) is 5.02 Å². The lowest BCUT2D eigenvalue weighted by atomic mass is 10.2. The van der Waals surface area contributed by atoms with Crippen LogP contribution in [-0.2, 0) is 6.54 Å². The van der Waals surface area contributed by atoms with Gasteiger partial charge in [-0.05, 0) is 32.0 Å². The molecule has 0 atom stereocenters. The third-order valence-corrected chi connectivity index (χ3v) is 3.52. The van der Waals surface area contributed by atoms with Gasteiger partial charge < -0.3 is 4.57 Å². The number of rotatable bonds is 2. The smallest absolute Gasteiger partial charge is 0.142 e. The summed E-state index contributed by atoms with van der Waals surface area (Å²) in [5, 5.41) is 5.24. The van der Waals surface area contributed by atoms with Gasteiger partial charge in [-0.1, -0.05) is 11.6 Å². The fourth-order valence-electron chi connectivity index (χ4n) is 2.32. The molecule has 0 aliphatic carbocycles. The number of benzene rings is 1. The van der Waals surface area contributed by atoms with Gasteiger partial charge in [-0.25, -0.2) is 4.39 Å². The number of nitrogens with zero attached hydrogens (tertiary/aromatic N) is 3. The summed E-state index contributed by atoms with van der Waals surface area (Å²) in [5.74, 6) is -0.393. The zero-order valence-corrected chi connectivity index (χ0v) is 11.4. The molecule has 3 rings (SSSR count). The van der Waals surface area contributed by atoms with Crippen LogP contribution in [0, 0.1) is 12.7 Å². The average molecular weight is 278 g/mol. The molecule has 0 aliphatic rings. The van der Waals surface area contributed by atoms with E-state index in [4.69, 9.17) is 11.6 Å². The Balaban J connectivity index is 2.27. The van der Waals surface area contributed by atoms with Crippen LogP contribution in [-0.4, -0.2) is 14.3 Å². The van der Waals surface area contributed by atoms with Crippen molar-refractivity contribution in [3.8, 4) is 5.69 Å². The molecule has 0 spiro atoms. The van der Waals surface area contributed by atoms with Crippen molar-refractivity contribution >= 4 is 22.5 Å². The van der Waals surface area contributed by atoms with Crippen LogP contribution in [0.3, 0.4) is 0 Å². The van der Waals surface area contributed by atoms with Crippen LogP contribution in [0.5, 0.6) is 0 Å². The Labute approximate surface area is 115 Å². The maximum absolute atomic E-state index is 13.5. The summed E-state index contributed by atoms with van der Waals surface area (Å²) in [4.78, 5) is 0. The van der Waals surface area contributed by atoms with E-state index in [0.717, 1.165) is 28.8 Å². The molecule has 0 unspecified atom stereocenters. The number of hydrogen-bond acceptors (Lipinski definition) is 1. The molecule has 0 saturated heterocycles. The van der Waals surface area contributed by atoms with Gasteiger partial charge in [0.05, 0.1) is 22.4 Å². The van der Waals surface area contributed by atoms with Crippen LogP contribution in [0.25, 0.3) is 16.6 Å². The molecule has 0 saturated carbocycles. The molecule has 0 amide bonds. The largest absolute Gasteiger partial charge is 0.311 e. The van der Waals surface area contributed by atoms with Gasteiger partial charge in [0.25, 0.3) is 0 Å². The molecule has 3 nitrogen and oxygen atoms in total. The fourth-order valence-corrected chi connectivity index (χ4v) is 2.48. The molecular formula is C14H13ClFN3. The van der Waals surface area contributed by atoms with Gasteiger partial charge in [0, 0.05) is 23.8 Å². The van der Waals surface area contributed by atoms with Gasteiger partial charge in [0.15, 0.2) is 0 Å². The van der Waals surface area contributed by atoms with Crippen molar-refractivity contribution in [1.82, 2.24) is 14.3 Å². The van der Waals surface area contributed by atoms with Crippen molar-refractivity contribution in [1.29, 1.82) is 0 Å². The minimum atomic E-state index is -0.393. The predicted octanol–water partition coefficient (Wildman–Crippen LogP) is 3.95. The molecule has 5 heteroatoms. The van der Waals surface area contributed by atoms with Crippen molar-refractivity contribution < 1.29 is 4.39 Å². The van der Waals surface area contributed by atoms with Gasteiger partial charge in [-0.15, -0.1) is 0 Å². The van der Waals surface area contributed by atoms with Crippen molar-refractivity contribution in [2.75, 3.05) is 0 Å². The third-order valence-electron chi connectivity index (χ3n) is 3.23. The van der Waals surface area contributed by atoms with Crippen LogP contribution < -0.4 is 0 Å². The molecule has 98 valence electrons. The molecule has 0 radical (unpaired) electrons. The first-order valence-corrected chi connectivity index (χ1v) is 6.48. The molecule has 0 fully saturated rings. The molecular weight excluding hydrogens is 265 g/mol. The number of hydrogen-bond donors (Lipinski definition) is 0. The monoisotopic (exact) mass is 277 g/mol. The number of aryl methyl sites for hydroxylation is 2. The quantitative estimate of drug-likeness (QED) is 0.695. The molecule has 0 aliphatic heterocycles. The number of fused-ring (bicyclic) bond motifs is 1. The van der Waals surface area contributed by atoms with Crippen LogP contribution in [0.15, 0.2) is 30.6 Å². The topological polar surface area (TPSA) is 22.8 Å². The summed E-state index contributed by atoms with van der Waals surface area (Å²) < 4.78 is 17.4. The first-order valence-electron chi connectivity index (χ1n) is 6.10. The van der Waals surface area contributed by atoms with E-state index in [1.807, 2.05) is 35.4 Å². The summed E-state index contributed by atoms with van der Waals surface area (Å²) in [5.41, 5.74) is 2.86. The van der Waals surface area contributed by atoms with E-state index in [-0.39, 0.29) is 5.02 Å². The Morgan fingerprint density at radius 3 is 2.79 bits per heavy atom. The highest BCUT2D eigenvalue weighted by molar-refractivity contribution is 6.31. The second-order valence-electron chi connectivity index (χ2n) is 4.50. The summed E-state index contributed by atoms with van der Waals surface area (Å²) >= 11 is 5.88. The Hall–Kier alpha value is -1.81. The third kappa shape index (κ3) is 1.92. The lowest BCUT2D eigenvalue weighted by Gasteiger charge is -2.05. The number of aromatic nitrogens is 3. The Bertz CT molecular complexity index is 757. The Kier molecular flexibility index (Phi) is 2.82. The van der Waals surface area contributed by atoms with Crippen LogP contribution in [0.1, 0.15) is 12.6 Å². The lowest BCUT2D eigenvalue weighted by Crippen LogP contribution is -1.96. The molecule has 0 bridgehead atoms. The predicted molar refractivity (Wildman–Crippen MR) is 74.4 cm³/mol. The van der Waals surface area contributed by atoms with Gasteiger partial charge in [0.2, 0.25) is 0 Å². The summed E-state index contributed by atoms with van der Waals surface area (Å²) in [6.45, 7) is 4.83. The van der Waals surface area contributed by atoms with E-state index >= 15 is 0 Å². The minimum Gasteiger partial charge on any atom is -0.311 e. The number of halogens is 2. The highest BCUT2D eigenvalue weighted by Gasteiger charge is 2.12. The molecule has 2 heterocycles. The van der Waals surface area contributed by atoms with Crippen molar-refractivity contribution in [2.24, 2.45) is 0 Å². The molecule has 1 aromatic carbocycles. The van der Waals surface area contributed by atoms with Crippen molar-refractivity contribution in [3.63, 3.8) is 0 Å². The van der Waals surface area contributed by atoms with Gasteiger partial charge in [0.1, 0.15) is 5.82 Å². The van der Waals surface area contributed by atoms with Gasteiger partial charge in [-0.3, -0.25) is 4.68 Å². The van der Waals surface area contributed by atoms with Crippen LogP contribution in [0.4, 0.5) is 4.39 Å². The van der Waals surface area contributed by atoms with E-state index in [2.05, 4.69) is 5.10 Å². The van der Waals surface area contributed by atoms with Crippen molar-refractivity contribution in [3.05, 3.63) is 47.1 Å². The molecule has 3 aromatic rings. The summed E-state index contributed by atoms with van der Waals surface area (Å²) in [7, 11) is 0. The minimum absolute atomic E-state index is 0.134. The first-order chi connectivity index (χ1) is 9.10. The summed E-state index contributed by atoms with van der Waals surface area (Å²) in [6.07, 6.45) is 3.76. The molecule has 2 aromatic heterocycles. The molecule has 19 heavy (non-hydrogen) atoms. The highest BCUT2D eigenvalue weighted by Crippen LogP contribution is 2.28. The second-order valence-corrected chi connectivity index (χ2v) is 4.91. The first kappa shape index (κ1) is 12.2. The zero-order valence-electron chi connectivity index (χ0n) is 10.7. The standard InChI is InChI=1S/C14H13ClFN3/c1-3-18-8-11(7-17-18)19-9(2)4-10-5-13(16)12(15)6-14(10)19/h4-8H,3H2,1-2H3. The van der Waals surface area contributed by atoms with E-state index in [0.29, 0.717) is 0 Å². The Morgan fingerprint density at radius 2 is 2.11 bits per heavy atom. The highest BCUT2D eigenvalue weighted by atomic mass is 35.5. The van der Waals surface area contributed by atoms with E-state index < -0.39 is 5.82 Å². The fraction of sp³-hybridized carbons (Fsp3) is 0.214. The average Bonchev–Trinajstić information content (AvgIpc) is 2.94. The van der Waals surface area contributed by atoms with E-state index in [1.165, 1.54) is 6.07 Å². The van der Waals surface area contributed by atoms with Gasteiger partial charge >= 0.3 is 0 Å². The van der Waals surface area contributed by atoms with E-state index in [1.54, 1.807) is 12.3 Å². The Morgan fingerprint density at radius 1 is 1.32 bits per heavy atom. The van der Waals surface area contributed by atoms with E-state index in [9.17, 15) is 4.39 Å². The zero-order chi connectivity index (χ0) is 13.6.